The molecule has 194 valence electrons. The van der Waals surface area contributed by atoms with Crippen molar-refractivity contribution in [3.63, 3.8) is 0 Å². The molecule has 0 aromatic heterocycles. The van der Waals surface area contributed by atoms with E-state index in [2.05, 4.69) is 10.6 Å². The average Bonchev–Trinajstić information content (AvgIpc) is 2.88. The number of halogens is 2. The van der Waals surface area contributed by atoms with Crippen LogP contribution in [0.4, 0.5) is 11.4 Å². The van der Waals surface area contributed by atoms with Gasteiger partial charge in [0.05, 0.1) is 15.9 Å². The number of para-hydroxylation sites is 1. The summed E-state index contributed by atoms with van der Waals surface area (Å²) in [5.41, 5.74) is 1.58. The van der Waals surface area contributed by atoms with E-state index in [0.29, 0.717) is 43.6 Å². The van der Waals surface area contributed by atoms with Crippen LogP contribution in [0.25, 0.3) is 6.08 Å². The van der Waals surface area contributed by atoms with E-state index in [4.69, 9.17) is 33.3 Å². The van der Waals surface area contributed by atoms with Gasteiger partial charge >= 0.3 is 0 Å². The number of benzene rings is 3. The number of thiocarbonyl (C=S) groups is 1. The second-order valence-electron chi connectivity index (χ2n) is 7.90. The predicted octanol–water partition coefficient (Wildman–Crippen LogP) is 5.19. The first-order valence-corrected chi connectivity index (χ1v) is 13.2. The monoisotopic (exact) mass is 661 g/mol. The molecule has 0 saturated carbocycles. The molecule has 3 aromatic rings. The van der Waals surface area contributed by atoms with Gasteiger partial charge in [-0.3, -0.25) is 24.6 Å². The van der Waals surface area contributed by atoms with E-state index in [1.54, 1.807) is 60.7 Å². The van der Waals surface area contributed by atoms with Crippen molar-refractivity contribution >= 4 is 86.7 Å². The fourth-order valence-corrected chi connectivity index (χ4v) is 4.77. The molecule has 3 aromatic carbocycles. The van der Waals surface area contributed by atoms with E-state index in [1.807, 2.05) is 35.6 Å². The van der Waals surface area contributed by atoms with Crippen LogP contribution in [0.1, 0.15) is 12.5 Å². The van der Waals surface area contributed by atoms with Gasteiger partial charge < -0.3 is 14.8 Å². The lowest BCUT2D eigenvalue weighted by Gasteiger charge is -2.28. The van der Waals surface area contributed by atoms with Gasteiger partial charge in [0.2, 0.25) is 0 Å². The van der Waals surface area contributed by atoms with Crippen molar-refractivity contribution in [3.05, 3.63) is 86.5 Å². The maximum Gasteiger partial charge on any atom is 0.270 e. The molecule has 0 spiro atoms. The Morgan fingerprint density at radius 1 is 1.11 bits per heavy atom. The van der Waals surface area contributed by atoms with Crippen LogP contribution in [0.2, 0.25) is 5.02 Å². The third-order valence-electron chi connectivity index (χ3n) is 5.23. The Morgan fingerprint density at radius 3 is 2.50 bits per heavy atom. The van der Waals surface area contributed by atoms with Gasteiger partial charge in [0.25, 0.3) is 17.7 Å². The van der Waals surface area contributed by atoms with Crippen molar-refractivity contribution in [2.24, 2.45) is 0 Å². The summed E-state index contributed by atoms with van der Waals surface area (Å²) in [5, 5.41) is 5.88. The summed E-state index contributed by atoms with van der Waals surface area (Å²) in [6.07, 6.45) is 1.47. The number of ether oxygens (including phenoxy) is 2. The SMILES string of the molecule is CCOc1cc(/C=C2/C(=O)NC(=S)N(c3ccccc3)C2=O)cc(I)c1OCC(=O)Nc1ccc(Cl)cc1. The number of anilines is 2. The van der Waals surface area contributed by atoms with Crippen LogP contribution in [0, 0.1) is 3.57 Å². The molecule has 0 radical (unpaired) electrons. The molecule has 8 nitrogen and oxygen atoms in total. The first-order valence-electron chi connectivity index (χ1n) is 11.4. The molecule has 1 heterocycles. The molecular formula is C27H21ClIN3O5S. The van der Waals surface area contributed by atoms with E-state index in [0.717, 1.165) is 0 Å². The van der Waals surface area contributed by atoms with Crippen molar-refractivity contribution < 1.29 is 23.9 Å². The Kier molecular flexibility index (Phi) is 8.97. The molecule has 38 heavy (non-hydrogen) atoms. The van der Waals surface area contributed by atoms with Gasteiger partial charge in [0, 0.05) is 10.7 Å². The summed E-state index contributed by atoms with van der Waals surface area (Å²) in [6, 6.07) is 18.9. The number of hydrogen-bond donors (Lipinski definition) is 2. The van der Waals surface area contributed by atoms with Crippen molar-refractivity contribution in [1.82, 2.24) is 5.32 Å². The molecule has 11 heteroatoms. The number of rotatable bonds is 8. The minimum atomic E-state index is -0.598. The Labute approximate surface area is 243 Å². The summed E-state index contributed by atoms with van der Waals surface area (Å²) in [4.78, 5) is 39.6. The van der Waals surface area contributed by atoms with Gasteiger partial charge in [-0.1, -0.05) is 29.8 Å². The first-order chi connectivity index (χ1) is 18.3. The molecule has 1 fully saturated rings. The maximum atomic E-state index is 13.3. The third-order valence-corrected chi connectivity index (χ3v) is 6.57. The molecule has 0 atom stereocenters. The zero-order valence-corrected chi connectivity index (χ0v) is 23.7. The summed E-state index contributed by atoms with van der Waals surface area (Å²) in [7, 11) is 0. The van der Waals surface area contributed by atoms with Crippen LogP contribution in [0.15, 0.2) is 72.3 Å². The van der Waals surface area contributed by atoms with E-state index >= 15 is 0 Å². The smallest absolute Gasteiger partial charge is 0.270 e. The summed E-state index contributed by atoms with van der Waals surface area (Å²) in [6.45, 7) is 1.88. The molecule has 1 saturated heterocycles. The van der Waals surface area contributed by atoms with Gasteiger partial charge in [-0.2, -0.15) is 0 Å². The molecule has 4 rings (SSSR count). The number of carbonyl (C=O) groups excluding carboxylic acids is 3. The van der Waals surface area contributed by atoms with E-state index in [-0.39, 0.29) is 23.2 Å². The molecule has 0 aliphatic carbocycles. The Balaban J connectivity index is 1.57. The van der Waals surface area contributed by atoms with E-state index in [9.17, 15) is 14.4 Å². The van der Waals surface area contributed by atoms with Crippen molar-refractivity contribution in [3.8, 4) is 11.5 Å². The Morgan fingerprint density at radius 2 is 1.82 bits per heavy atom. The fraction of sp³-hybridized carbons (Fsp3) is 0.111. The van der Waals surface area contributed by atoms with E-state index < -0.39 is 11.8 Å². The largest absolute Gasteiger partial charge is 0.490 e. The van der Waals surface area contributed by atoms with Gasteiger partial charge in [-0.25, -0.2) is 0 Å². The van der Waals surface area contributed by atoms with Crippen LogP contribution in [-0.4, -0.2) is 36.0 Å². The third kappa shape index (κ3) is 6.50. The van der Waals surface area contributed by atoms with E-state index in [1.165, 1.54) is 11.0 Å². The molecular weight excluding hydrogens is 641 g/mol. The summed E-state index contributed by atoms with van der Waals surface area (Å²) >= 11 is 13.2. The van der Waals surface area contributed by atoms with Crippen LogP contribution < -0.4 is 25.0 Å². The highest BCUT2D eigenvalue weighted by Gasteiger charge is 2.34. The number of nitrogens with zero attached hydrogens (tertiary/aromatic N) is 1. The number of amides is 3. The number of nitrogens with one attached hydrogen (secondary N) is 2. The minimum absolute atomic E-state index is 0.00793. The lowest BCUT2D eigenvalue weighted by Crippen LogP contribution is -2.54. The summed E-state index contributed by atoms with van der Waals surface area (Å²) < 4.78 is 12.2. The lowest BCUT2D eigenvalue weighted by molar-refractivity contribution is -0.122. The second kappa shape index (κ2) is 12.4. The van der Waals surface area contributed by atoms with Gasteiger partial charge in [-0.15, -0.1) is 0 Å². The molecule has 3 amide bonds. The molecule has 0 bridgehead atoms. The number of hydrogen-bond acceptors (Lipinski definition) is 6. The standard InChI is InChI=1S/C27H21ClIN3O5S/c1-2-36-22-14-16(12-20-25(34)31-27(38)32(26(20)35)19-6-4-3-5-7-19)13-21(29)24(22)37-15-23(33)30-18-10-8-17(28)9-11-18/h3-14H,2,15H2,1H3,(H,30,33)(H,31,34,38)/b20-12-. The molecule has 2 N–H and O–H groups in total. The first kappa shape index (κ1) is 27.6. The van der Waals surface area contributed by atoms with Crippen LogP contribution in [0.5, 0.6) is 11.5 Å². The zero-order chi connectivity index (χ0) is 27.2. The minimum Gasteiger partial charge on any atom is -0.490 e. The highest BCUT2D eigenvalue weighted by Crippen LogP contribution is 2.35. The Bertz CT molecular complexity index is 1430. The molecule has 0 unspecified atom stereocenters. The highest BCUT2D eigenvalue weighted by atomic mass is 127. The summed E-state index contributed by atoms with van der Waals surface area (Å²) in [5.74, 6) is -0.772. The van der Waals surface area contributed by atoms with Gasteiger partial charge in [-0.05, 0) is 102 Å². The van der Waals surface area contributed by atoms with Crippen LogP contribution in [0.3, 0.4) is 0 Å². The fourth-order valence-electron chi connectivity index (χ4n) is 3.58. The molecule has 1 aliphatic heterocycles. The number of carbonyl (C=O) groups is 3. The Hall–Kier alpha value is -3.48. The van der Waals surface area contributed by atoms with Crippen LogP contribution in [-0.2, 0) is 14.4 Å². The topological polar surface area (TPSA) is 97.0 Å². The zero-order valence-electron chi connectivity index (χ0n) is 20.0. The van der Waals surface area contributed by atoms with Crippen LogP contribution >= 0.6 is 46.4 Å². The van der Waals surface area contributed by atoms with Crippen molar-refractivity contribution in [2.45, 2.75) is 6.92 Å². The molecule has 1 aliphatic rings. The van der Waals surface area contributed by atoms with Gasteiger partial charge in [0.15, 0.2) is 23.2 Å². The van der Waals surface area contributed by atoms with Crippen molar-refractivity contribution in [2.75, 3.05) is 23.4 Å². The second-order valence-corrected chi connectivity index (χ2v) is 9.89. The average molecular weight is 662 g/mol. The quantitative estimate of drug-likeness (QED) is 0.149. The normalized spacial score (nSPS) is 14.3. The van der Waals surface area contributed by atoms with Gasteiger partial charge in [0.1, 0.15) is 5.57 Å². The highest BCUT2D eigenvalue weighted by molar-refractivity contribution is 14.1. The predicted molar refractivity (Wildman–Crippen MR) is 159 cm³/mol. The van der Waals surface area contributed by atoms with Crippen molar-refractivity contribution in [1.29, 1.82) is 0 Å². The lowest BCUT2D eigenvalue weighted by atomic mass is 10.1. The maximum absolute atomic E-state index is 13.3.